The third kappa shape index (κ3) is 7.05. The normalized spacial score (nSPS) is 10.5. The molecule has 158 valence electrons. The summed E-state index contributed by atoms with van der Waals surface area (Å²) >= 11 is 0. The summed E-state index contributed by atoms with van der Waals surface area (Å²) in [4.78, 5) is 35.2. The summed E-state index contributed by atoms with van der Waals surface area (Å²) in [6, 6.07) is 12.6. The second-order valence-corrected chi connectivity index (χ2v) is 6.61. The Hall–Kier alpha value is -3.68. The maximum absolute atomic E-state index is 12.2. The number of rotatable bonds is 8. The number of hydrazone groups is 1. The van der Waals surface area contributed by atoms with Crippen LogP contribution in [0.3, 0.4) is 0 Å². The fourth-order valence-electron chi connectivity index (χ4n) is 2.44. The SMILES string of the molecule is CCCNC(=O)C(=O)N/N=C\c1cccc(OCC(=O)Nc2cccc(C)c2C)c1. The average molecular weight is 410 g/mol. The number of hydrogen-bond acceptors (Lipinski definition) is 5. The number of ether oxygens (including phenoxy) is 1. The standard InChI is InChI=1S/C22H26N4O4/c1-4-11-23-21(28)22(29)26-24-13-17-8-6-9-18(12-17)30-14-20(27)25-19-10-5-7-15(2)16(19)3/h5-10,12-13H,4,11,14H2,1-3H3,(H,23,28)(H,25,27)(H,26,29)/b24-13-. The van der Waals surface area contributed by atoms with E-state index in [4.69, 9.17) is 4.74 Å². The fraction of sp³-hybridized carbons (Fsp3) is 0.273. The van der Waals surface area contributed by atoms with Crippen LogP contribution in [-0.4, -0.2) is 37.1 Å². The van der Waals surface area contributed by atoms with Crippen LogP contribution in [0.25, 0.3) is 0 Å². The Balaban J connectivity index is 1.86. The van der Waals surface area contributed by atoms with Gasteiger partial charge in [0.25, 0.3) is 5.91 Å². The topological polar surface area (TPSA) is 109 Å². The van der Waals surface area contributed by atoms with Crippen LogP contribution in [0.5, 0.6) is 5.75 Å². The van der Waals surface area contributed by atoms with Crippen LogP contribution in [0.2, 0.25) is 0 Å². The highest BCUT2D eigenvalue weighted by Crippen LogP contribution is 2.18. The first-order valence-corrected chi connectivity index (χ1v) is 9.61. The second-order valence-electron chi connectivity index (χ2n) is 6.61. The van der Waals surface area contributed by atoms with Gasteiger partial charge in [0.15, 0.2) is 6.61 Å². The highest BCUT2D eigenvalue weighted by molar-refractivity contribution is 6.35. The minimum atomic E-state index is -0.838. The molecular weight excluding hydrogens is 384 g/mol. The number of benzene rings is 2. The molecule has 0 saturated heterocycles. The number of hydrogen-bond donors (Lipinski definition) is 3. The van der Waals surface area contributed by atoms with Gasteiger partial charge >= 0.3 is 11.8 Å². The summed E-state index contributed by atoms with van der Waals surface area (Å²) in [5, 5.41) is 9.05. The van der Waals surface area contributed by atoms with Gasteiger partial charge in [-0.15, -0.1) is 0 Å². The van der Waals surface area contributed by atoms with Crippen LogP contribution >= 0.6 is 0 Å². The highest BCUT2D eigenvalue weighted by Gasteiger charge is 2.11. The van der Waals surface area contributed by atoms with Gasteiger partial charge in [0.05, 0.1) is 6.21 Å². The molecule has 8 heteroatoms. The maximum atomic E-state index is 12.2. The van der Waals surface area contributed by atoms with Crippen molar-refractivity contribution in [1.29, 1.82) is 0 Å². The first-order chi connectivity index (χ1) is 14.4. The zero-order valence-corrected chi connectivity index (χ0v) is 17.3. The van der Waals surface area contributed by atoms with Crippen molar-refractivity contribution >= 4 is 29.6 Å². The Morgan fingerprint density at radius 1 is 1.07 bits per heavy atom. The average Bonchev–Trinajstić information content (AvgIpc) is 2.74. The first kappa shape index (κ1) is 22.6. The smallest absolute Gasteiger partial charge is 0.329 e. The molecule has 0 aliphatic rings. The van der Waals surface area contributed by atoms with E-state index >= 15 is 0 Å². The van der Waals surface area contributed by atoms with Gasteiger partial charge in [0, 0.05) is 12.2 Å². The lowest BCUT2D eigenvalue weighted by atomic mass is 10.1. The first-order valence-electron chi connectivity index (χ1n) is 9.61. The molecule has 30 heavy (non-hydrogen) atoms. The van der Waals surface area contributed by atoms with Gasteiger partial charge in [-0.25, -0.2) is 5.43 Å². The van der Waals surface area contributed by atoms with E-state index in [1.165, 1.54) is 6.21 Å². The van der Waals surface area contributed by atoms with Crippen molar-refractivity contribution in [2.24, 2.45) is 5.10 Å². The second kappa shape index (κ2) is 11.4. The molecule has 0 bridgehead atoms. The van der Waals surface area contributed by atoms with Crippen LogP contribution in [0.4, 0.5) is 5.69 Å². The molecule has 2 aromatic carbocycles. The molecule has 2 aromatic rings. The summed E-state index contributed by atoms with van der Waals surface area (Å²) in [6.07, 6.45) is 2.12. The molecular formula is C22H26N4O4. The van der Waals surface area contributed by atoms with Crippen LogP contribution in [0, 0.1) is 13.8 Å². The predicted octanol–water partition coefficient (Wildman–Crippen LogP) is 2.30. The van der Waals surface area contributed by atoms with Crippen molar-refractivity contribution in [3.05, 3.63) is 59.2 Å². The van der Waals surface area contributed by atoms with E-state index in [2.05, 4.69) is 21.2 Å². The van der Waals surface area contributed by atoms with Crippen LogP contribution in [0.15, 0.2) is 47.6 Å². The van der Waals surface area contributed by atoms with E-state index in [1.807, 2.05) is 39.0 Å². The maximum Gasteiger partial charge on any atom is 0.329 e. The van der Waals surface area contributed by atoms with Crippen molar-refractivity contribution in [3.63, 3.8) is 0 Å². The van der Waals surface area contributed by atoms with Gasteiger partial charge in [0.1, 0.15) is 5.75 Å². The van der Waals surface area contributed by atoms with E-state index in [1.54, 1.807) is 24.3 Å². The van der Waals surface area contributed by atoms with Crippen molar-refractivity contribution in [1.82, 2.24) is 10.7 Å². The van der Waals surface area contributed by atoms with Crippen molar-refractivity contribution in [3.8, 4) is 5.75 Å². The number of nitrogens with one attached hydrogen (secondary N) is 3. The molecule has 0 heterocycles. The largest absolute Gasteiger partial charge is 0.484 e. The lowest BCUT2D eigenvalue weighted by molar-refractivity contribution is -0.139. The molecule has 0 fully saturated rings. The van der Waals surface area contributed by atoms with Crippen LogP contribution < -0.4 is 20.8 Å². The molecule has 0 aromatic heterocycles. The number of carbonyl (C=O) groups is 3. The minimum Gasteiger partial charge on any atom is -0.484 e. The van der Waals surface area contributed by atoms with Crippen molar-refractivity contribution in [2.45, 2.75) is 27.2 Å². The third-order valence-corrected chi connectivity index (χ3v) is 4.23. The van der Waals surface area contributed by atoms with Gasteiger partial charge in [-0.3, -0.25) is 14.4 Å². The molecule has 0 aliphatic heterocycles. The molecule has 3 amide bonds. The predicted molar refractivity (Wildman–Crippen MR) is 116 cm³/mol. The van der Waals surface area contributed by atoms with Crippen LogP contribution in [0.1, 0.15) is 30.0 Å². The number of aryl methyl sites for hydroxylation is 1. The molecule has 0 spiro atoms. The Morgan fingerprint density at radius 3 is 2.60 bits per heavy atom. The summed E-state index contributed by atoms with van der Waals surface area (Å²) in [7, 11) is 0. The van der Waals surface area contributed by atoms with Crippen molar-refractivity contribution < 1.29 is 19.1 Å². The Morgan fingerprint density at radius 2 is 1.83 bits per heavy atom. The number of nitrogens with zero attached hydrogens (tertiary/aromatic N) is 1. The number of amides is 3. The van der Waals surface area contributed by atoms with Gasteiger partial charge in [-0.1, -0.05) is 31.2 Å². The van der Waals surface area contributed by atoms with Gasteiger partial charge in [-0.05, 0) is 55.2 Å². The third-order valence-electron chi connectivity index (χ3n) is 4.23. The minimum absolute atomic E-state index is 0.150. The summed E-state index contributed by atoms with van der Waals surface area (Å²) < 4.78 is 5.54. The fourth-order valence-corrected chi connectivity index (χ4v) is 2.44. The number of anilines is 1. The lowest BCUT2D eigenvalue weighted by Gasteiger charge is -2.11. The Labute approximate surface area is 175 Å². The summed E-state index contributed by atoms with van der Waals surface area (Å²) in [6.45, 7) is 6.09. The van der Waals surface area contributed by atoms with E-state index in [0.29, 0.717) is 17.9 Å². The van der Waals surface area contributed by atoms with Crippen LogP contribution in [-0.2, 0) is 14.4 Å². The highest BCUT2D eigenvalue weighted by atomic mass is 16.5. The van der Waals surface area contributed by atoms with Crippen molar-refractivity contribution in [2.75, 3.05) is 18.5 Å². The summed E-state index contributed by atoms with van der Waals surface area (Å²) in [5.74, 6) is -1.37. The molecule has 8 nitrogen and oxygen atoms in total. The van der Waals surface area contributed by atoms with Gasteiger partial charge in [0.2, 0.25) is 0 Å². The van der Waals surface area contributed by atoms with E-state index in [-0.39, 0.29) is 12.5 Å². The molecule has 3 N–H and O–H groups in total. The molecule has 0 aliphatic carbocycles. The van der Waals surface area contributed by atoms with Gasteiger partial charge < -0.3 is 15.4 Å². The summed E-state index contributed by atoms with van der Waals surface area (Å²) in [5.41, 5.74) is 5.65. The zero-order chi connectivity index (χ0) is 21.9. The molecule has 0 saturated carbocycles. The van der Waals surface area contributed by atoms with E-state index in [0.717, 1.165) is 23.2 Å². The molecule has 0 atom stereocenters. The molecule has 0 unspecified atom stereocenters. The number of carbonyl (C=O) groups excluding carboxylic acids is 3. The monoisotopic (exact) mass is 410 g/mol. The van der Waals surface area contributed by atoms with Gasteiger partial charge in [-0.2, -0.15) is 5.10 Å². The molecule has 2 rings (SSSR count). The quantitative estimate of drug-likeness (QED) is 0.352. The van der Waals surface area contributed by atoms with E-state index in [9.17, 15) is 14.4 Å². The Bertz CT molecular complexity index is 940. The lowest BCUT2D eigenvalue weighted by Crippen LogP contribution is -2.38. The Kier molecular flexibility index (Phi) is 8.56. The molecule has 0 radical (unpaired) electrons. The zero-order valence-electron chi connectivity index (χ0n) is 17.3. The van der Waals surface area contributed by atoms with E-state index < -0.39 is 11.8 Å².